The van der Waals surface area contributed by atoms with Crippen LogP contribution in [0.15, 0.2) is 71.9 Å². The van der Waals surface area contributed by atoms with Crippen molar-refractivity contribution in [2.24, 2.45) is 0 Å². The molecule has 0 aliphatic heterocycles. The lowest BCUT2D eigenvalue weighted by molar-refractivity contribution is -0.119. The molecule has 3 aromatic rings. The van der Waals surface area contributed by atoms with Gasteiger partial charge >= 0.3 is 0 Å². The third kappa shape index (κ3) is 7.09. The van der Waals surface area contributed by atoms with Crippen LogP contribution in [0.4, 0.5) is 11.4 Å². The highest BCUT2D eigenvalue weighted by Gasteiger charge is 2.30. The molecule has 1 amide bonds. The van der Waals surface area contributed by atoms with Crippen molar-refractivity contribution in [1.29, 1.82) is 0 Å². The third-order valence-corrected chi connectivity index (χ3v) is 6.88. The molecule has 3 rings (SSSR count). The second-order valence-electron chi connectivity index (χ2n) is 7.75. The number of rotatable bonds is 13. The Morgan fingerprint density at radius 1 is 1.08 bits per heavy atom. The quantitative estimate of drug-likeness (QED) is 0.296. The smallest absolute Gasteiger partial charge is 0.268 e. The summed E-state index contributed by atoms with van der Waals surface area (Å²) in [6, 6.07) is 14.9. The fraction of sp³-hybridized carbons (Fsp3) is 0.280. The average molecular weight is 515 g/mol. The second-order valence-corrected chi connectivity index (χ2v) is 9.58. The number of carbonyl (C=O) groups is 1. The maximum Gasteiger partial charge on any atom is 0.268 e. The van der Waals surface area contributed by atoms with Crippen molar-refractivity contribution in [3.05, 3.63) is 72.6 Å². The van der Waals surface area contributed by atoms with Gasteiger partial charge in [0, 0.05) is 37.2 Å². The number of amides is 1. The average Bonchev–Trinajstić information content (AvgIpc) is 2.88. The Bertz CT molecular complexity index is 1250. The molecule has 0 fully saturated rings. The number of pyridine rings is 1. The van der Waals surface area contributed by atoms with E-state index in [1.165, 1.54) is 19.2 Å². The summed E-state index contributed by atoms with van der Waals surface area (Å²) in [6.07, 6.45) is 3.37. The summed E-state index contributed by atoms with van der Waals surface area (Å²) >= 11 is 0. The maximum absolute atomic E-state index is 13.7. The van der Waals surface area contributed by atoms with Crippen molar-refractivity contribution >= 4 is 27.3 Å². The molecule has 36 heavy (non-hydrogen) atoms. The van der Waals surface area contributed by atoms with E-state index in [0.29, 0.717) is 18.9 Å². The highest BCUT2D eigenvalue weighted by molar-refractivity contribution is 7.93. The number of aromatic nitrogens is 1. The number of hydrogen-bond acceptors (Lipinski definition) is 8. The zero-order valence-electron chi connectivity index (χ0n) is 20.2. The first-order valence-corrected chi connectivity index (χ1v) is 12.7. The number of aliphatic hydroxyl groups excluding tert-OH is 1. The minimum absolute atomic E-state index is 0.00797. The molecule has 10 nitrogen and oxygen atoms in total. The van der Waals surface area contributed by atoms with Crippen LogP contribution in [0.3, 0.4) is 0 Å². The van der Waals surface area contributed by atoms with Gasteiger partial charge in [-0.3, -0.25) is 14.1 Å². The first kappa shape index (κ1) is 26.8. The van der Waals surface area contributed by atoms with Gasteiger partial charge in [-0.1, -0.05) is 12.1 Å². The maximum atomic E-state index is 13.7. The highest BCUT2D eigenvalue weighted by Crippen LogP contribution is 2.32. The number of nitrogens with one attached hydrogen (secondary N) is 2. The number of hydrogen-bond donors (Lipinski definition) is 3. The molecule has 0 spiro atoms. The van der Waals surface area contributed by atoms with Gasteiger partial charge in [0.15, 0.2) is 0 Å². The van der Waals surface area contributed by atoms with Crippen LogP contribution >= 0.6 is 0 Å². The molecule has 0 atom stereocenters. The molecule has 3 N–H and O–H groups in total. The van der Waals surface area contributed by atoms with E-state index in [9.17, 15) is 13.2 Å². The summed E-state index contributed by atoms with van der Waals surface area (Å²) in [5.41, 5.74) is 1.92. The van der Waals surface area contributed by atoms with Crippen LogP contribution in [0.25, 0.3) is 0 Å². The Balaban J connectivity index is 1.88. The number of nitrogens with zero attached hydrogens (tertiary/aromatic N) is 2. The lowest BCUT2D eigenvalue weighted by Crippen LogP contribution is -2.41. The fourth-order valence-corrected chi connectivity index (χ4v) is 5.00. The normalized spacial score (nSPS) is 11.0. The van der Waals surface area contributed by atoms with Gasteiger partial charge in [0.2, 0.25) is 5.91 Å². The Morgan fingerprint density at radius 3 is 2.56 bits per heavy atom. The number of methoxy groups -OCH3 is 1. The largest absolute Gasteiger partial charge is 0.495 e. The summed E-state index contributed by atoms with van der Waals surface area (Å²) in [5, 5.41) is 14.7. The molecule has 0 aliphatic carbocycles. The predicted molar refractivity (Wildman–Crippen MR) is 137 cm³/mol. The molecule has 0 bridgehead atoms. The first-order valence-electron chi connectivity index (χ1n) is 11.3. The Labute approximate surface area is 210 Å². The highest BCUT2D eigenvalue weighted by atomic mass is 32.2. The van der Waals surface area contributed by atoms with Crippen LogP contribution in [0.5, 0.6) is 11.5 Å². The number of aryl methyl sites for hydroxylation is 1. The Kier molecular flexibility index (Phi) is 9.48. The van der Waals surface area contributed by atoms with E-state index < -0.39 is 22.5 Å². The van der Waals surface area contributed by atoms with Crippen molar-refractivity contribution in [3.63, 3.8) is 0 Å². The second kappa shape index (κ2) is 12.8. The van der Waals surface area contributed by atoms with Gasteiger partial charge in [0.05, 0.1) is 19.4 Å². The van der Waals surface area contributed by atoms with Gasteiger partial charge < -0.3 is 25.2 Å². The molecular weight excluding hydrogens is 484 g/mol. The number of aliphatic hydroxyl groups is 1. The predicted octanol–water partition coefficient (Wildman–Crippen LogP) is 2.19. The first-order chi connectivity index (χ1) is 17.3. The number of ether oxygens (including phenoxy) is 2. The van der Waals surface area contributed by atoms with E-state index in [0.717, 1.165) is 15.6 Å². The molecule has 0 saturated carbocycles. The molecule has 11 heteroatoms. The van der Waals surface area contributed by atoms with Crippen LogP contribution < -0.4 is 24.4 Å². The third-order valence-electron chi connectivity index (χ3n) is 5.06. The number of sulfonamides is 1. The van der Waals surface area contributed by atoms with E-state index in [-0.39, 0.29) is 29.5 Å². The van der Waals surface area contributed by atoms with Crippen LogP contribution in [-0.2, 0) is 14.8 Å². The Hall–Kier alpha value is -3.83. The standard InChI is InChI=1S/C25H30N4O6S/c1-19-15-21(17-22(16-19)35-14-12-27-20-7-9-26-10-8-20)29(18-25(31)28-11-13-30)36(32,33)24-6-4-3-5-23(24)34-2/h3-10,15-17,30H,11-14,18H2,1-2H3,(H,26,27)(H,28,31). The molecular formula is C25H30N4O6S. The van der Waals surface area contributed by atoms with Crippen LogP contribution in [0.1, 0.15) is 5.56 Å². The fourth-order valence-electron chi connectivity index (χ4n) is 3.44. The SMILES string of the molecule is COc1ccccc1S(=O)(=O)N(CC(=O)NCCO)c1cc(C)cc(OCCNc2ccncc2)c1. The van der Waals surface area contributed by atoms with Crippen LogP contribution in [0, 0.1) is 6.92 Å². The number of para-hydroxylation sites is 1. The Morgan fingerprint density at radius 2 is 1.83 bits per heavy atom. The minimum atomic E-state index is -4.20. The van der Waals surface area contributed by atoms with E-state index in [1.54, 1.807) is 42.7 Å². The van der Waals surface area contributed by atoms with Crippen molar-refractivity contribution in [2.45, 2.75) is 11.8 Å². The topological polar surface area (TPSA) is 130 Å². The molecule has 1 heterocycles. The molecule has 192 valence electrons. The lowest BCUT2D eigenvalue weighted by atomic mass is 10.2. The summed E-state index contributed by atoms with van der Waals surface area (Å²) in [6.45, 7) is 1.90. The number of anilines is 2. The van der Waals surface area contributed by atoms with E-state index in [2.05, 4.69) is 15.6 Å². The van der Waals surface area contributed by atoms with Gasteiger partial charge in [0.25, 0.3) is 10.0 Å². The van der Waals surface area contributed by atoms with E-state index >= 15 is 0 Å². The van der Waals surface area contributed by atoms with E-state index in [4.69, 9.17) is 14.6 Å². The van der Waals surface area contributed by atoms with Crippen molar-refractivity contribution in [1.82, 2.24) is 10.3 Å². The molecule has 0 unspecified atom stereocenters. The van der Waals surface area contributed by atoms with Crippen LogP contribution in [-0.4, -0.2) is 64.4 Å². The van der Waals surface area contributed by atoms with Crippen LogP contribution in [0.2, 0.25) is 0 Å². The van der Waals surface area contributed by atoms with Gasteiger partial charge in [-0.05, 0) is 48.9 Å². The molecule has 0 saturated heterocycles. The number of carbonyl (C=O) groups excluding carboxylic acids is 1. The minimum Gasteiger partial charge on any atom is -0.495 e. The molecule has 2 aromatic carbocycles. The summed E-state index contributed by atoms with van der Waals surface area (Å²) in [7, 11) is -2.82. The van der Waals surface area contributed by atoms with Crippen molar-refractivity contribution < 1.29 is 27.8 Å². The van der Waals surface area contributed by atoms with Crippen molar-refractivity contribution in [3.8, 4) is 11.5 Å². The zero-order valence-corrected chi connectivity index (χ0v) is 21.0. The molecule has 1 aromatic heterocycles. The summed E-state index contributed by atoms with van der Waals surface area (Å²) < 4.78 is 39.6. The monoisotopic (exact) mass is 514 g/mol. The zero-order chi connectivity index (χ0) is 26.0. The van der Waals surface area contributed by atoms with Crippen molar-refractivity contribution in [2.75, 3.05) is 49.6 Å². The lowest BCUT2D eigenvalue weighted by Gasteiger charge is -2.25. The molecule has 0 aliphatic rings. The molecule has 0 radical (unpaired) electrons. The summed E-state index contributed by atoms with van der Waals surface area (Å²) in [4.78, 5) is 16.4. The van der Waals surface area contributed by atoms with E-state index in [1.807, 2.05) is 19.1 Å². The van der Waals surface area contributed by atoms with Gasteiger partial charge in [-0.25, -0.2) is 8.42 Å². The van der Waals surface area contributed by atoms with Gasteiger partial charge in [0.1, 0.15) is 29.5 Å². The number of benzene rings is 2. The summed E-state index contributed by atoms with van der Waals surface area (Å²) in [5.74, 6) is 0.0511. The van der Waals surface area contributed by atoms with Gasteiger partial charge in [-0.15, -0.1) is 0 Å². The van der Waals surface area contributed by atoms with Gasteiger partial charge in [-0.2, -0.15) is 0 Å².